The van der Waals surface area contributed by atoms with Crippen LogP contribution in [-0.4, -0.2) is 48.9 Å². The van der Waals surface area contributed by atoms with Crippen LogP contribution >= 0.6 is 11.6 Å². The SMILES string of the molecule is CC(C)(C)OC(=O)N[C@H]1CS(=O)(=O)c2ccc(C(=O)NO)cc2N(Cc2ccc(Cl)cc2)C1=O. The zero-order valence-corrected chi connectivity index (χ0v) is 20.2. The average molecular weight is 510 g/mol. The number of hydrogen-bond donors (Lipinski definition) is 3. The largest absolute Gasteiger partial charge is 0.444 e. The molecule has 1 atom stereocenters. The molecule has 0 unspecified atom stereocenters. The second-order valence-electron chi connectivity index (χ2n) is 8.65. The lowest BCUT2D eigenvalue weighted by atomic mass is 10.1. The van der Waals surface area contributed by atoms with Gasteiger partial charge in [-0.15, -0.1) is 0 Å². The van der Waals surface area contributed by atoms with Crippen molar-refractivity contribution in [3.63, 3.8) is 0 Å². The molecule has 3 rings (SSSR count). The Balaban J connectivity index is 2.10. The van der Waals surface area contributed by atoms with Crippen molar-refractivity contribution in [1.29, 1.82) is 0 Å². The Morgan fingerprint density at radius 3 is 2.41 bits per heavy atom. The van der Waals surface area contributed by atoms with Crippen LogP contribution in [0.4, 0.5) is 10.5 Å². The highest BCUT2D eigenvalue weighted by Crippen LogP contribution is 2.33. The lowest BCUT2D eigenvalue weighted by Gasteiger charge is -2.27. The van der Waals surface area contributed by atoms with E-state index in [1.165, 1.54) is 28.6 Å². The topological polar surface area (TPSA) is 142 Å². The number of fused-ring (bicyclic) bond motifs is 1. The molecule has 0 bridgehead atoms. The normalized spacial score (nSPS) is 17.4. The van der Waals surface area contributed by atoms with Gasteiger partial charge in [-0.1, -0.05) is 23.7 Å². The van der Waals surface area contributed by atoms with Crippen molar-refractivity contribution < 1.29 is 32.7 Å². The summed E-state index contributed by atoms with van der Waals surface area (Å²) in [6.07, 6.45) is -0.946. The van der Waals surface area contributed by atoms with Gasteiger partial charge in [0.15, 0.2) is 9.84 Å². The van der Waals surface area contributed by atoms with Gasteiger partial charge in [0.25, 0.3) is 11.8 Å². The van der Waals surface area contributed by atoms with E-state index in [-0.39, 0.29) is 22.7 Å². The molecule has 0 fully saturated rings. The van der Waals surface area contributed by atoms with E-state index in [1.807, 2.05) is 0 Å². The summed E-state index contributed by atoms with van der Waals surface area (Å²) >= 11 is 5.94. The Morgan fingerprint density at radius 1 is 1.18 bits per heavy atom. The molecule has 34 heavy (non-hydrogen) atoms. The molecule has 0 saturated carbocycles. The number of rotatable bonds is 4. The first kappa shape index (κ1) is 25.5. The molecule has 3 N–H and O–H groups in total. The van der Waals surface area contributed by atoms with Gasteiger partial charge in [0.05, 0.1) is 22.9 Å². The van der Waals surface area contributed by atoms with Gasteiger partial charge >= 0.3 is 6.09 Å². The number of anilines is 1. The Labute approximate surface area is 201 Å². The lowest BCUT2D eigenvalue weighted by Crippen LogP contribution is -2.51. The quantitative estimate of drug-likeness (QED) is 0.424. The van der Waals surface area contributed by atoms with Crippen molar-refractivity contribution >= 4 is 45.0 Å². The molecular formula is C22H24ClN3O7S. The van der Waals surface area contributed by atoms with Crippen molar-refractivity contribution in [2.45, 2.75) is 43.9 Å². The maximum Gasteiger partial charge on any atom is 0.408 e. The summed E-state index contributed by atoms with van der Waals surface area (Å²) in [5, 5.41) is 11.8. The first-order chi connectivity index (χ1) is 15.8. The summed E-state index contributed by atoms with van der Waals surface area (Å²) in [6.45, 7) is 4.83. The Hall–Kier alpha value is -3.15. The molecule has 12 heteroatoms. The highest BCUT2D eigenvalue weighted by atomic mass is 35.5. The van der Waals surface area contributed by atoms with Gasteiger partial charge in [0.2, 0.25) is 0 Å². The van der Waals surface area contributed by atoms with Crippen LogP contribution in [0.1, 0.15) is 36.7 Å². The molecule has 2 aromatic carbocycles. The van der Waals surface area contributed by atoms with Gasteiger partial charge in [-0.3, -0.25) is 14.8 Å². The predicted octanol–water partition coefficient (Wildman–Crippen LogP) is 2.67. The van der Waals surface area contributed by atoms with Gasteiger partial charge in [-0.05, 0) is 56.7 Å². The molecule has 0 saturated heterocycles. The Bertz CT molecular complexity index is 1220. The summed E-state index contributed by atoms with van der Waals surface area (Å²) in [7, 11) is -4.08. The molecule has 2 aromatic rings. The molecular weight excluding hydrogens is 486 g/mol. The summed E-state index contributed by atoms with van der Waals surface area (Å²) in [4.78, 5) is 38.8. The number of carbonyl (C=O) groups is 3. The third-order valence-electron chi connectivity index (χ3n) is 4.84. The van der Waals surface area contributed by atoms with Crippen molar-refractivity contribution in [3.8, 4) is 0 Å². The van der Waals surface area contributed by atoms with Crippen molar-refractivity contribution in [2.75, 3.05) is 10.7 Å². The standard InChI is InChI=1S/C22H24ClN3O7S/c1-22(2,3)33-21(29)24-16-12-34(31,32)18-9-6-14(19(27)25-30)10-17(18)26(20(16)28)11-13-4-7-15(23)8-5-13/h4-10,16,30H,11-12H2,1-3H3,(H,24,29)(H,25,27)/t16-/m0/s1. The Morgan fingerprint density at radius 2 is 1.82 bits per heavy atom. The van der Waals surface area contributed by atoms with Crippen molar-refractivity contribution in [3.05, 3.63) is 58.6 Å². The van der Waals surface area contributed by atoms with Gasteiger partial charge in [-0.2, -0.15) is 0 Å². The van der Waals surface area contributed by atoms with E-state index in [0.717, 1.165) is 0 Å². The molecule has 0 spiro atoms. The zero-order chi connectivity index (χ0) is 25.3. The molecule has 10 nitrogen and oxygen atoms in total. The maximum absolute atomic E-state index is 13.5. The minimum atomic E-state index is -4.08. The number of halogens is 1. The second kappa shape index (κ2) is 9.61. The summed E-state index contributed by atoms with van der Waals surface area (Å²) in [5.41, 5.74) is 1.11. The minimum absolute atomic E-state index is 0.0606. The molecule has 1 heterocycles. The highest BCUT2D eigenvalue weighted by molar-refractivity contribution is 7.91. The fourth-order valence-electron chi connectivity index (χ4n) is 3.37. The van der Waals surface area contributed by atoms with Crippen molar-refractivity contribution in [2.24, 2.45) is 0 Å². The number of ether oxygens (including phenoxy) is 1. The number of benzene rings is 2. The smallest absolute Gasteiger partial charge is 0.408 e. The fraction of sp³-hybridized carbons (Fsp3) is 0.318. The van der Waals surface area contributed by atoms with Crippen LogP contribution in [0, 0.1) is 0 Å². The molecule has 3 amide bonds. The summed E-state index contributed by atoms with van der Waals surface area (Å²) < 4.78 is 31.5. The maximum atomic E-state index is 13.5. The minimum Gasteiger partial charge on any atom is -0.444 e. The second-order valence-corrected chi connectivity index (χ2v) is 11.1. The number of nitrogens with zero attached hydrogens (tertiary/aromatic N) is 1. The van der Waals surface area contributed by atoms with Crippen LogP contribution in [0.15, 0.2) is 47.4 Å². The van der Waals surface area contributed by atoms with E-state index in [2.05, 4.69) is 5.32 Å². The number of carbonyl (C=O) groups excluding carboxylic acids is 3. The van der Waals surface area contributed by atoms with Gasteiger partial charge < -0.3 is 15.0 Å². The monoisotopic (exact) mass is 509 g/mol. The van der Waals surface area contributed by atoms with Gasteiger partial charge in [0.1, 0.15) is 11.6 Å². The van der Waals surface area contributed by atoms with Gasteiger partial charge in [-0.25, -0.2) is 18.7 Å². The van der Waals surface area contributed by atoms with Crippen LogP contribution < -0.4 is 15.7 Å². The predicted molar refractivity (Wildman–Crippen MR) is 124 cm³/mol. The number of amides is 3. The number of hydroxylamine groups is 1. The molecule has 1 aliphatic rings. The summed E-state index contributed by atoms with van der Waals surface area (Å²) in [6, 6.07) is 8.70. The lowest BCUT2D eigenvalue weighted by molar-refractivity contribution is -0.120. The van der Waals surface area contributed by atoms with Crippen molar-refractivity contribution in [1.82, 2.24) is 10.8 Å². The van der Waals surface area contributed by atoms with Crippen LogP contribution in [0.25, 0.3) is 0 Å². The number of hydrogen-bond acceptors (Lipinski definition) is 7. The average Bonchev–Trinajstić information content (AvgIpc) is 2.81. The first-order valence-corrected chi connectivity index (χ1v) is 12.2. The third-order valence-corrected chi connectivity index (χ3v) is 6.88. The van der Waals surface area contributed by atoms with E-state index >= 15 is 0 Å². The third kappa shape index (κ3) is 5.85. The molecule has 0 aromatic heterocycles. The first-order valence-electron chi connectivity index (χ1n) is 10.2. The Kier molecular flexibility index (Phi) is 7.20. The summed E-state index contributed by atoms with van der Waals surface area (Å²) in [5.74, 6) is -2.31. The van der Waals surface area contributed by atoms with E-state index in [9.17, 15) is 22.8 Å². The van der Waals surface area contributed by atoms with Crippen LogP contribution in [-0.2, 0) is 25.9 Å². The molecule has 0 aliphatic carbocycles. The number of sulfone groups is 1. The zero-order valence-electron chi connectivity index (χ0n) is 18.7. The van der Waals surface area contributed by atoms with Crippen LogP contribution in [0.3, 0.4) is 0 Å². The van der Waals surface area contributed by atoms with E-state index in [4.69, 9.17) is 21.5 Å². The molecule has 182 valence electrons. The molecule has 1 aliphatic heterocycles. The fourth-order valence-corrected chi connectivity index (χ4v) is 5.11. The molecule has 0 radical (unpaired) electrons. The number of nitrogens with one attached hydrogen (secondary N) is 2. The van der Waals surface area contributed by atoms with E-state index < -0.39 is 45.1 Å². The highest BCUT2D eigenvalue weighted by Gasteiger charge is 2.39. The van der Waals surface area contributed by atoms with E-state index in [1.54, 1.807) is 45.0 Å². The van der Waals surface area contributed by atoms with Crippen LogP contribution in [0.2, 0.25) is 5.02 Å². The van der Waals surface area contributed by atoms with E-state index in [0.29, 0.717) is 10.6 Å². The van der Waals surface area contributed by atoms with Crippen LogP contribution in [0.5, 0.6) is 0 Å². The number of alkyl carbamates (subject to hydrolysis) is 1. The van der Waals surface area contributed by atoms with Gasteiger partial charge in [0, 0.05) is 10.6 Å².